The van der Waals surface area contributed by atoms with Gasteiger partial charge in [-0.2, -0.15) is 5.10 Å². The second kappa shape index (κ2) is 5.38. The van der Waals surface area contributed by atoms with E-state index in [1.54, 1.807) is 30.7 Å². The number of thiazole rings is 1. The molecule has 7 heteroatoms. The summed E-state index contributed by atoms with van der Waals surface area (Å²) in [5, 5.41) is 8.67. The van der Waals surface area contributed by atoms with E-state index in [9.17, 15) is 0 Å². The molecule has 0 radical (unpaired) electrons. The summed E-state index contributed by atoms with van der Waals surface area (Å²) in [5.41, 5.74) is 8.43. The van der Waals surface area contributed by atoms with Crippen molar-refractivity contribution < 1.29 is 4.74 Å². The van der Waals surface area contributed by atoms with Gasteiger partial charge in [-0.1, -0.05) is 11.6 Å². The van der Waals surface area contributed by atoms with Gasteiger partial charge in [-0.3, -0.25) is 5.10 Å². The van der Waals surface area contributed by atoms with E-state index >= 15 is 0 Å². The number of halogens is 1. The van der Waals surface area contributed by atoms with Gasteiger partial charge < -0.3 is 10.5 Å². The highest BCUT2D eigenvalue weighted by atomic mass is 35.5. The van der Waals surface area contributed by atoms with Crippen LogP contribution in [-0.4, -0.2) is 22.3 Å². The van der Waals surface area contributed by atoms with Crippen LogP contribution in [0.1, 0.15) is 5.01 Å². The summed E-state index contributed by atoms with van der Waals surface area (Å²) in [6, 6.07) is 5.40. The van der Waals surface area contributed by atoms with Gasteiger partial charge in [-0.15, -0.1) is 11.3 Å². The standard InChI is InChI=1S/C14H13ClN4OS/c1-7-17-6-11(21-7)13-12(14(16)19-18-13)9-5-8(15)3-4-10(9)20-2/h3-6H,1-2H3,(H3,16,18,19). The largest absolute Gasteiger partial charge is 0.496 e. The number of nitrogens with one attached hydrogen (secondary N) is 1. The lowest BCUT2D eigenvalue weighted by atomic mass is 10.0. The van der Waals surface area contributed by atoms with Crippen LogP contribution in [0.25, 0.3) is 21.7 Å². The third-order valence-electron chi connectivity index (χ3n) is 3.09. The number of aromatic nitrogens is 3. The van der Waals surface area contributed by atoms with Crippen molar-refractivity contribution in [3.8, 4) is 27.4 Å². The van der Waals surface area contributed by atoms with Crippen molar-refractivity contribution in [3.63, 3.8) is 0 Å². The van der Waals surface area contributed by atoms with Crippen LogP contribution in [0.2, 0.25) is 5.02 Å². The van der Waals surface area contributed by atoms with E-state index < -0.39 is 0 Å². The van der Waals surface area contributed by atoms with Crippen molar-refractivity contribution in [1.82, 2.24) is 15.2 Å². The second-order valence-corrected chi connectivity index (χ2v) is 6.12. The van der Waals surface area contributed by atoms with E-state index in [2.05, 4.69) is 15.2 Å². The molecule has 21 heavy (non-hydrogen) atoms. The van der Waals surface area contributed by atoms with Gasteiger partial charge >= 0.3 is 0 Å². The lowest BCUT2D eigenvalue weighted by molar-refractivity contribution is 0.416. The Kier molecular flexibility index (Phi) is 3.57. The number of nitrogens with zero attached hydrogens (tertiary/aromatic N) is 2. The van der Waals surface area contributed by atoms with Crippen molar-refractivity contribution in [1.29, 1.82) is 0 Å². The average Bonchev–Trinajstić information content (AvgIpc) is 3.04. The number of aryl methyl sites for hydroxylation is 1. The van der Waals surface area contributed by atoms with Crippen molar-refractivity contribution in [3.05, 3.63) is 34.4 Å². The number of anilines is 1. The summed E-state index contributed by atoms with van der Waals surface area (Å²) in [6.45, 7) is 1.95. The minimum atomic E-state index is 0.400. The molecule has 0 bridgehead atoms. The van der Waals surface area contributed by atoms with E-state index in [4.69, 9.17) is 22.1 Å². The van der Waals surface area contributed by atoms with Crippen LogP contribution in [0.5, 0.6) is 5.75 Å². The van der Waals surface area contributed by atoms with Gasteiger partial charge in [0, 0.05) is 16.8 Å². The molecule has 0 spiro atoms. The van der Waals surface area contributed by atoms with Gasteiger partial charge in [-0.25, -0.2) is 4.98 Å². The molecule has 3 aromatic rings. The number of aromatic amines is 1. The molecule has 2 heterocycles. The quantitative estimate of drug-likeness (QED) is 0.770. The van der Waals surface area contributed by atoms with Gasteiger partial charge in [0.2, 0.25) is 0 Å². The van der Waals surface area contributed by atoms with E-state index in [0.29, 0.717) is 16.6 Å². The van der Waals surface area contributed by atoms with Gasteiger partial charge in [-0.05, 0) is 25.1 Å². The molecule has 0 unspecified atom stereocenters. The van der Waals surface area contributed by atoms with Crippen LogP contribution in [0, 0.1) is 6.92 Å². The SMILES string of the molecule is COc1ccc(Cl)cc1-c1c(N)n[nH]c1-c1cnc(C)s1. The summed E-state index contributed by atoms with van der Waals surface area (Å²) in [4.78, 5) is 5.24. The maximum Gasteiger partial charge on any atom is 0.153 e. The second-order valence-electron chi connectivity index (χ2n) is 4.45. The fourth-order valence-electron chi connectivity index (χ4n) is 2.16. The number of methoxy groups -OCH3 is 1. The molecule has 0 aliphatic carbocycles. The molecule has 108 valence electrons. The monoisotopic (exact) mass is 320 g/mol. The fraction of sp³-hybridized carbons (Fsp3) is 0.143. The van der Waals surface area contributed by atoms with Crippen molar-refractivity contribution in [2.75, 3.05) is 12.8 Å². The number of hydrogen-bond donors (Lipinski definition) is 2. The molecular weight excluding hydrogens is 308 g/mol. The summed E-state index contributed by atoms with van der Waals surface area (Å²) in [6.07, 6.45) is 1.80. The Morgan fingerprint density at radius 1 is 1.38 bits per heavy atom. The van der Waals surface area contributed by atoms with E-state index in [0.717, 1.165) is 26.7 Å². The molecule has 3 N–H and O–H groups in total. The van der Waals surface area contributed by atoms with Crippen molar-refractivity contribution in [2.45, 2.75) is 6.92 Å². The zero-order valence-electron chi connectivity index (χ0n) is 11.5. The molecule has 0 saturated heterocycles. The van der Waals surface area contributed by atoms with E-state index in [1.807, 2.05) is 19.1 Å². The number of hydrogen-bond acceptors (Lipinski definition) is 5. The Labute approximate surface area is 130 Å². The lowest BCUT2D eigenvalue weighted by Gasteiger charge is -2.09. The molecule has 0 saturated carbocycles. The van der Waals surface area contributed by atoms with Crippen molar-refractivity contribution >= 4 is 28.8 Å². The summed E-state index contributed by atoms with van der Waals surface area (Å²) >= 11 is 7.68. The van der Waals surface area contributed by atoms with Crippen LogP contribution in [0.15, 0.2) is 24.4 Å². The first-order valence-electron chi connectivity index (χ1n) is 6.20. The normalized spacial score (nSPS) is 10.8. The maximum atomic E-state index is 6.11. The van der Waals surface area contributed by atoms with Gasteiger partial charge in [0.1, 0.15) is 5.75 Å². The molecule has 0 amide bonds. The molecule has 0 aliphatic heterocycles. The first-order valence-corrected chi connectivity index (χ1v) is 7.40. The molecule has 5 nitrogen and oxygen atoms in total. The topological polar surface area (TPSA) is 76.8 Å². The zero-order chi connectivity index (χ0) is 15.0. The Bertz CT molecular complexity index is 796. The van der Waals surface area contributed by atoms with Gasteiger partial charge in [0.05, 0.1) is 28.3 Å². The summed E-state index contributed by atoms with van der Waals surface area (Å²) < 4.78 is 5.41. The van der Waals surface area contributed by atoms with Crippen LogP contribution in [0.4, 0.5) is 5.82 Å². The highest BCUT2D eigenvalue weighted by Gasteiger charge is 2.20. The number of nitrogens with two attached hydrogens (primary N) is 1. The Morgan fingerprint density at radius 3 is 2.86 bits per heavy atom. The number of nitrogen functional groups attached to an aromatic ring is 1. The first kappa shape index (κ1) is 13.9. The smallest absolute Gasteiger partial charge is 0.153 e. The number of benzene rings is 1. The van der Waals surface area contributed by atoms with Crippen LogP contribution < -0.4 is 10.5 Å². The lowest BCUT2D eigenvalue weighted by Crippen LogP contribution is -1.92. The van der Waals surface area contributed by atoms with Crippen LogP contribution >= 0.6 is 22.9 Å². The minimum absolute atomic E-state index is 0.400. The molecule has 3 rings (SSSR count). The Morgan fingerprint density at radius 2 is 2.19 bits per heavy atom. The summed E-state index contributed by atoms with van der Waals surface area (Å²) in [7, 11) is 1.61. The third-order valence-corrected chi connectivity index (χ3v) is 4.26. The predicted molar refractivity (Wildman–Crippen MR) is 85.8 cm³/mol. The third kappa shape index (κ3) is 2.48. The molecule has 0 atom stereocenters. The minimum Gasteiger partial charge on any atom is -0.496 e. The Hall–Kier alpha value is -2.05. The fourth-order valence-corrected chi connectivity index (χ4v) is 3.11. The van der Waals surface area contributed by atoms with Crippen molar-refractivity contribution in [2.24, 2.45) is 0 Å². The molecular formula is C14H13ClN4OS. The highest BCUT2D eigenvalue weighted by molar-refractivity contribution is 7.15. The molecule has 0 aliphatic rings. The van der Waals surface area contributed by atoms with Gasteiger partial charge in [0.25, 0.3) is 0 Å². The Balaban J connectivity index is 2.24. The maximum absolute atomic E-state index is 6.11. The number of rotatable bonds is 3. The predicted octanol–water partition coefficient (Wildman–Crippen LogP) is 3.75. The molecule has 0 fully saturated rings. The van der Waals surface area contributed by atoms with Crippen LogP contribution in [-0.2, 0) is 0 Å². The average molecular weight is 321 g/mol. The van der Waals surface area contributed by atoms with E-state index in [-0.39, 0.29) is 0 Å². The number of ether oxygens (including phenoxy) is 1. The highest BCUT2D eigenvalue weighted by Crippen LogP contribution is 2.41. The molecule has 2 aromatic heterocycles. The molecule has 1 aromatic carbocycles. The van der Waals surface area contributed by atoms with Gasteiger partial charge in [0.15, 0.2) is 5.82 Å². The first-order chi connectivity index (χ1) is 10.1. The van der Waals surface area contributed by atoms with Crippen LogP contribution in [0.3, 0.4) is 0 Å². The summed E-state index contributed by atoms with van der Waals surface area (Å²) in [5.74, 6) is 1.09. The number of H-pyrrole nitrogens is 1. The zero-order valence-corrected chi connectivity index (χ0v) is 13.0. The van der Waals surface area contributed by atoms with E-state index in [1.165, 1.54) is 0 Å².